The molecular weight excluding hydrogens is 310 g/mol. The van der Waals surface area contributed by atoms with Gasteiger partial charge in [0, 0.05) is 23.8 Å². The zero-order valence-corrected chi connectivity index (χ0v) is 14.1. The summed E-state index contributed by atoms with van der Waals surface area (Å²) in [5.41, 5.74) is 4.66. The van der Waals surface area contributed by atoms with E-state index in [0.717, 1.165) is 42.3 Å². The highest BCUT2D eigenvalue weighted by atomic mass is 16.2. The van der Waals surface area contributed by atoms with Crippen LogP contribution in [0.15, 0.2) is 48.8 Å². The summed E-state index contributed by atoms with van der Waals surface area (Å²) in [6.07, 6.45) is 8.56. The molecule has 5 rings (SSSR count). The Bertz CT molecular complexity index is 941. The molecule has 1 unspecified atom stereocenters. The van der Waals surface area contributed by atoms with Crippen molar-refractivity contribution in [3.8, 4) is 0 Å². The minimum absolute atomic E-state index is 0.244. The maximum Gasteiger partial charge on any atom is 0.227 e. The number of carbonyl (C=O) groups is 1. The van der Waals surface area contributed by atoms with Gasteiger partial charge in [-0.1, -0.05) is 24.3 Å². The second-order valence-corrected chi connectivity index (χ2v) is 7.18. The summed E-state index contributed by atoms with van der Waals surface area (Å²) in [5, 5.41) is 1.05. The topological polar surface area (TPSA) is 49.0 Å². The molecule has 2 aliphatic carbocycles. The fraction of sp³-hybridized carbons (Fsp3) is 0.333. The average Bonchev–Trinajstić information content (AvgIpc) is 3.26. The number of aromatic amines is 1. The third kappa shape index (κ3) is 2.53. The smallest absolute Gasteiger partial charge is 0.227 e. The van der Waals surface area contributed by atoms with Gasteiger partial charge in [0.05, 0.1) is 12.5 Å². The van der Waals surface area contributed by atoms with E-state index in [0.29, 0.717) is 12.5 Å². The number of aromatic nitrogens is 2. The highest BCUT2D eigenvalue weighted by Gasteiger charge is 2.40. The number of hydrogen-bond acceptors (Lipinski definition) is 2. The van der Waals surface area contributed by atoms with E-state index in [1.54, 1.807) is 6.20 Å². The summed E-state index contributed by atoms with van der Waals surface area (Å²) in [6.45, 7) is 0. The van der Waals surface area contributed by atoms with Gasteiger partial charge in [0.2, 0.25) is 5.91 Å². The second-order valence-electron chi connectivity index (χ2n) is 7.18. The fourth-order valence-electron chi connectivity index (χ4n) is 4.22. The maximum absolute atomic E-state index is 13.2. The predicted octanol–water partition coefficient (Wildman–Crippen LogP) is 3.78. The molecule has 1 amide bonds. The van der Waals surface area contributed by atoms with Crippen molar-refractivity contribution in [2.45, 2.75) is 44.2 Å². The molecule has 0 aliphatic heterocycles. The molecule has 25 heavy (non-hydrogen) atoms. The van der Waals surface area contributed by atoms with E-state index in [4.69, 9.17) is 0 Å². The van der Waals surface area contributed by atoms with Gasteiger partial charge < -0.3 is 9.88 Å². The van der Waals surface area contributed by atoms with E-state index < -0.39 is 0 Å². The highest BCUT2D eigenvalue weighted by Crippen LogP contribution is 2.42. The van der Waals surface area contributed by atoms with Crippen molar-refractivity contribution in [2.24, 2.45) is 0 Å². The Morgan fingerprint density at radius 3 is 2.92 bits per heavy atom. The van der Waals surface area contributed by atoms with E-state index >= 15 is 0 Å². The van der Waals surface area contributed by atoms with Crippen LogP contribution in [-0.2, 0) is 17.6 Å². The summed E-state index contributed by atoms with van der Waals surface area (Å²) in [7, 11) is 0. The standard InChI is InChI=1S/C21H21N3O/c25-20(12-15-13-23-21-18(15)6-3-11-22-21)24(16-8-9-16)19-10-7-14-4-1-2-5-17(14)19/h1-6,11,13,16,19H,7-10,12H2,(H,22,23). The van der Waals surface area contributed by atoms with Crippen LogP contribution in [0.4, 0.5) is 0 Å². The molecule has 2 aromatic heterocycles. The van der Waals surface area contributed by atoms with E-state index in [2.05, 4.69) is 39.1 Å². The van der Waals surface area contributed by atoms with Gasteiger partial charge in [-0.05, 0) is 54.5 Å². The Labute approximate surface area is 146 Å². The molecule has 0 saturated heterocycles. The van der Waals surface area contributed by atoms with Crippen LogP contribution in [0.1, 0.15) is 42.0 Å². The first-order valence-electron chi connectivity index (χ1n) is 9.11. The van der Waals surface area contributed by atoms with Crippen LogP contribution in [0, 0.1) is 0 Å². The molecule has 0 radical (unpaired) electrons. The maximum atomic E-state index is 13.2. The molecule has 3 aromatic rings. The van der Waals surface area contributed by atoms with E-state index in [-0.39, 0.29) is 11.9 Å². The van der Waals surface area contributed by atoms with Crippen molar-refractivity contribution in [1.29, 1.82) is 0 Å². The molecule has 1 saturated carbocycles. The Kier molecular flexibility index (Phi) is 3.37. The molecule has 1 N–H and O–H groups in total. The van der Waals surface area contributed by atoms with Crippen LogP contribution in [0.25, 0.3) is 11.0 Å². The first-order chi connectivity index (χ1) is 12.3. The third-order valence-corrected chi connectivity index (χ3v) is 5.54. The highest BCUT2D eigenvalue weighted by molar-refractivity contribution is 5.87. The van der Waals surface area contributed by atoms with Gasteiger partial charge >= 0.3 is 0 Å². The Morgan fingerprint density at radius 1 is 1.16 bits per heavy atom. The molecule has 1 aromatic carbocycles. The van der Waals surface area contributed by atoms with Crippen molar-refractivity contribution >= 4 is 16.9 Å². The summed E-state index contributed by atoms with van der Waals surface area (Å²) in [6, 6.07) is 13.2. The Hall–Kier alpha value is -2.62. The number of nitrogens with one attached hydrogen (secondary N) is 1. The lowest BCUT2D eigenvalue weighted by molar-refractivity contribution is -0.133. The van der Waals surface area contributed by atoms with Crippen LogP contribution in [0.2, 0.25) is 0 Å². The molecule has 2 aliphatic rings. The lowest BCUT2D eigenvalue weighted by Gasteiger charge is -2.30. The van der Waals surface area contributed by atoms with Crippen LogP contribution in [0.3, 0.4) is 0 Å². The molecule has 126 valence electrons. The molecule has 1 atom stereocenters. The number of benzene rings is 1. The number of fused-ring (bicyclic) bond motifs is 2. The van der Waals surface area contributed by atoms with Gasteiger partial charge in [0.1, 0.15) is 5.65 Å². The number of pyridine rings is 1. The predicted molar refractivity (Wildman–Crippen MR) is 97.2 cm³/mol. The fourth-order valence-corrected chi connectivity index (χ4v) is 4.22. The number of hydrogen-bond donors (Lipinski definition) is 1. The quantitative estimate of drug-likeness (QED) is 0.791. The van der Waals surface area contributed by atoms with E-state index in [1.807, 2.05) is 18.3 Å². The van der Waals surface area contributed by atoms with Crippen molar-refractivity contribution in [1.82, 2.24) is 14.9 Å². The van der Waals surface area contributed by atoms with Crippen LogP contribution >= 0.6 is 0 Å². The van der Waals surface area contributed by atoms with E-state index in [9.17, 15) is 4.79 Å². The van der Waals surface area contributed by atoms with Gasteiger partial charge in [0.15, 0.2) is 0 Å². The molecule has 1 fully saturated rings. The number of H-pyrrole nitrogens is 1. The second kappa shape index (κ2) is 5.73. The average molecular weight is 331 g/mol. The third-order valence-electron chi connectivity index (χ3n) is 5.54. The first kappa shape index (κ1) is 14.7. The van der Waals surface area contributed by atoms with E-state index in [1.165, 1.54) is 11.1 Å². The summed E-state index contributed by atoms with van der Waals surface area (Å²) in [5.74, 6) is 0.244. The number of amides is 1. The molecule has 4 nitrogen and oxygen atoms in total. The van der Waals surface area contributed by atoms with Crippen molar-refractivity contribution in [3.05, 3.63) is 65.5 Å². The normalized spacial score (nSPS) is 19.1. The van der Waals surface area contributed by atoms with Gasteiger partial charge in [0.25, 0.3) is 0 Å². The summed E-state index contributed by atoms with van der Waals surface area (Å²) in [4.78, 5) is 22.9. The van der Waals surface area contributed by atoms with Gasteiger partial charge in [-0.15, -0.1) is 0 Å². The first-order valence-corrected chi connectivity index (χ1v) is 9.11. The van der Waals surface area contributed by atoms with Crippen LogP contribution in [-0.4, -0.2) is 26.8 Å². The summed E-state index contributed by atoms with van der Waals surface area (Å²) < 4.78 is 0. The van der Waals surface area contributed by atoms with Crippen molar-refractivity contribution in [2.75, 3.05) is 0 Å². The van der Waals surface area contributed by atoms with Crippen molar-refractivity contribution in [3.63, 3.8) is 0 Å². The zero-order chi connectivity index (χ0) is 16.8. The molecule has 0 spiro atoms. The van der Waals surface area contributed by atoms with Gasteiger partial charge in [-0.2, -0.15) is 0 Å². The number of nitrogens with zero attached hydrogens (tertiary/aromatic N) is 2. The van der Waals surface area contributed by atoms with Gasteiger partial charge in [-0.3, -0.25) is 4.79 Å². The minimum atomic E-state index is 0.244. The Morgan fingerprint density at radius 2 is 2.04 bits per heavy atom. The van der Waals surface area contributed by atoms with Gasteiger partial charge in [-0.25, -0.2) is 4.98 Å². The minimum Gasteiger partial charge on any atom is -0.346 e. The SMILES string of the molecule is O=C(Cc1c[nH]c2ncccc12)N(C1CC1)C1CCc2ccccc21. The molecule has 2 heterocycles. The molecule has 0 bridgehead atoms. The number of carbonyl (C=O) groups excluding carboxylic acids is 1. The zero-order valence-electron chi connectivity index (χ0n) is 14.1. The monoisotopic (exact) mass is 331 g/mol. The summed E-state index contributed by atoms with van der Waals surface area (Å²) >= 11 is 0. The lowest BCUT2D eigenvalue weighted by Crippen LogP contribution is -2.37. The molecular formula is C21H21N3O. The Balaban J connectivity index is 1.44. The van der Waals surface area contributed by atoms with Crippen LogP contribution in [0.5, 0.6) is 0 Å². The van der Waals surface area contributed by atoms with Crippen molar-refractivity contribution < 1.29 is 4.79 Å². The number of aryl methyl sites for hydroxylation is 1. The largest absolute Gasteiger partial charge is 0.346 e. The lowest BCUT2D eigenvalue weighted by atomic mass is 10.0. The molecule has 4 heteroatoms. The van der Waals surface area contributed by atoms with Crippen LogP contribution < -0.4 is 0 Å². The number of rotatable bonds is 4.